The van der Waals surface area contributed by atoms with Crippen molar-refractivity contribution in [3.63, 3.8) is 0 Å². The lowest BCUT2D eigenvalue weighted by Gasteiger charge is -2.30. The van der Waals surface area contributed by atoms with Gasteiger partial charge >= 0.3 is 12.1 Å². The van der Waals surface area contributed by atoms with Gasteiger partial charge in [-0.25, -0.2) is 4.39 Å². The first kappa shape index (κ1) is 16.3. The quantitative estimate of drug-likeness (QED) is 0.672. The summed E-state index contributed by atoms with van der Waals surface area (Å²) in [5.74, 6) is -4.02. The van der Waals surface area contributed by atoms with E-state index < -0.39 is 35.4 Å². The molecule has 1 aromatic carbocycles. The number of amides is 1. The Morgan fingerprint density at radius 1 is 1.36 bits per heavy atom. The number of alkyl halides is 3. The molecule has 120 valence electrons. The number of benzene rings is 1. The van der Waals surface area contributed by atoms with Crippen LogP contribution in [0.1, 0.15) is 23.5 Å². The molecule has 1 aliphatic heterocycles. The lowest BCUT2D eigenvalue weighted by molar-refractivity contribution is -0.147. The van der Waals surface area contributed by atoms with Gasteiger partial charge in [0.25, 0.3) is 0 Å². The van der Waals surface area contributed by atoms with Crippen LogP contribution in [0.25, 0.3) is 0 Å². The molecule has 1 fully saturated rings. The minimum Gasteiger partial charge on any atom is -0.469 e. The lowest BCUT2D eigenvalue weighted by Crippen LogP contribution is -2.43. The van der Waals surface area contributed by atoms with Crippen LogP contribution >= 0.6 is 0 Å². The van der Waals surface area contributed by atoms with Gasteiger partial charge in [-0.05, 0) is 17.7 Å². The van der Waals surface area contributed by atoms with Gasteiger partial charge in [0.15, 0.2) is 0 Å². The van der Waals surface area contributed by atoms with Crippen molar-refractivity contribution in [1.82, 2.24) is 5.32 Å². The molecule has 1 heterocycles. The predicted molar refractivity (Wildman–Crippen MR) is 67.3 cm³/mol. The van der Waals surface area contributed by atoms with Gasteiger partial charge in [-0.15, -0.1) is 0 Å². The summed E-state index contributed by atoms with van der Waals surface area (Å²) in [6.07, 6.45) is -5.01. The molecule has 1 amide bonds. The van der Waals surface area contributed by atoms with Gasteiger partial charge < -0.3 is 10.1 Å². The van der Waals surface area contributed by atoms with E-state index in [1.807, 2.05) is 0 Å². The molecule has 1 aliphatic rings. The molecule has 0 unspecified atom stereocenters. The summed E-state index contributed by atoms with van der Waals surface area (Å²) in [4.78, 5) is 23.2. The highest BCUT2D eigenvalue weighted by Crippen LogP contribution is 2.37. The molecule has 0 aromatic heterocycles. The second-order valence-corrected chi connectivity index (χ2v) is 4.98. The van der Waals surface area contributed by atoms with Crippen LogP contribution < -0.4 is 5.32 Å². The SMILES string of the molecule is COC(=O)[C@H]1CNC(=O)C[C@@H]1c1ccc(F)c(C(F)(F)F)c1. The zero-order valence-electron chi connectivity index (χ0n) is 11.5. The van der Waals surface area contributed by atoms with E-state index in [2.05, 4.69) is 10.1 Å². The number of methoxy groups -OCH3 is 1. The lowest BCUT2D eigenvalue weighted by atomic mass is 9.80. The predicted octanol–water partition coefficient (Wildman–Crippen LogP) is 2.24. The highest BCUT2D eigenvalue weighted by molar-refractivity contribution is 5.83. The third-order valence-corrected chi connectivity index (χ3v) is 3.64. The number of rotatable bonds is 2. The van der Waals surface area contributed by atoms with E-state index in [1.165, 1.54) is 0 Å². The van der Waals surface area contributed by atoms with Crippen LogP contribution in [0.15, 0.2) is 18.2 Å². The minimum absolute atomic E-state index is 0.0328. The maximum atomic E-state index is 13.3. The first-order valence-electron chi connectivity index (χ1n) is 6.45. The summed E-state index contributed by atoms with van der Waals surface area (Å²) in [6.45, 7) is -0.0328. The van der Waals surface area contributed by atoms with E-state index in [4.69, 9.17) is 0 Å². The Labute approximate surface area is 123 Å². The van der Waals surface area contributed by atoms with E-state index in [0.717, 1.165) is 13.2 Å². The summed E-state index contributed by atoms with van der Waals surface area (Å²) in [5.41, 5.74) is -1.33. The molecule has 1 aromatic rings. The van der Waals surface area contributed by atoms with Crippen LogP contribution in [-0.4, -0.2) is 25.5 Å². The summed E-state index contributed by atoms with van der Waals surface area (Å²) in [6, 6.07) is 2.50. The largest absolute Gasteiger partial charge is 0.469 e. The Hall–Kier alpha value is -2.12. The van der Waals surface area contributed by atoms with Crippen LogP contribution in [0, 0.1) is 11.7 Å². The number of nitrogens with one attached hydrogen (secondary N) is 1. The summed E-state index contributed by atoms with van der Waals surface area (Å²) < 4.78 is 56.3. The minimum atomic E-state index is -4.85. The molecule has 0 spiro atoms. The number of hydrogen-bond acceptors (Lipinski definition) is 3. The first-order valence-corrected chi connectivity index (χ1v) is 6.45. The molecule has 0 radical (unpaired) electrons. The summed E-state index contributed by atoms with van der Waals surface area (Å²) in [7, 11) is 1.15. The van der Waals surface area contributed by atoms with Crippen molar-refractivity contribution in [2.24, 2.45) is 5.92 Å². The van der Waals surface area contributed by atoms with Crippen LogP contribution in [0.2, 0.25) is 0 Å². The number of halogens is 4. The number of carbonyl (C=O) groups is 2. The smallest absolute Gasteiger partial charge is 0.419 e. The van der Waals surface area contributed by atoms with Gasteiger partial charge in [0.1, 0.15) is 5.82 Å². The molecule has 2 rings (SSSR count). The fraction of sp³-hybridized carbons (Fsp3) is 0.429. The Bertz CT molecular complexity index is 600. The van der Waals surface area contributed by atoms with E-state index in [1.54, 1.807) is 0 Å². The molecule has 0 bridgehead atoms. The molecular weight excluding hydrogens is 306 g/mol. The average Bonchev–Trinajstić information content (AvgIpc) is 2.45. The number of hydrogen-bond donors (Lipinski definition) is 1. The second kappa shape index (κ2) is 5.94. The summed E-state index contributed by atoms with van der Waals surface area (Å²) in [5, 5.41) is 2.47. The van der Waals surface area contributed by atoms with Crippen molar-refractivity contribution in [2.75, 3.05) is 13.7 Å². The average molecular weight is 319 g/mol. The summed E-state index contributed by atoms with van der Waals surface area (Å²) >= 11 is 0. The van der Waals surface area contributed by atoms with Crippen molar-refractivity contribution in [1.29, 1.82) is 0 Å². The third kappa shape index (κ3) is 3.20. The maximum Gasteiger partial charge on any atom is 0.419 e. The Kier molecular flexibility index (Phi) is 4.39. The molecule has 1 saturated heterocycles. The zero-order valence-corrected chi connectivity index (χ0v) is 11.5. The Morgan fingerprint density at radius 2 is 2.05 bits per heavy atom. The highest BCUT2D eigenvalue weighted by Gasteiger charge is 2.39. The zero-order chi connectivity index (χ0) is 16.5. The monoisotopic (exact) mass is 319 g/mol. The van der Waals surface area contributed by atoms with Crippen molar-refractivity contribution >= 4 is 11.9 Å². The second-order valence-electron chi connectivity index (χ2n) is 4.98. The van der Waals surface area contributed by atoms with E-state index >= 15 is 0 Å². The van der Waals surface area contributed by atoms with Crippen molar-refractivity contribution in [3.05, 3.63) is 35.1 Å². The van der Waals surface area contributed by atoms with E-state index in [0.29, 0.717) is 12.1 Å². The van der Waals surface area contributed by atoms with Crippen LogP contribution in [0.5, 0.6) is 0 Å². The Morgan fingerprint density at radius 3 is 2.64 bits per heavy atom. The maximum absolute atomic E-state index is 13.3. The van der Waals surface area contributed by atoms with Crippen molar-refractivity contribution in [3.8, 4) is 0 Å². The van der Waals surface area contributed by atoms with Gasteiger partial charge in [0.05, 0.1) is 18.6 Å². The molecule has 4 nitrogen and oxygen atoms in total. The van der Waals surface area contributed by atoms with Crippen LogP contribution in [0.3, 0.4) is 0 Å². The molecule has 0 saturated carbocycles. The van der Waals surface area contributed by atoms with Gasteiger partial charge in [-0.2, -0.15) is 13.2 Å². The van der Waals surface area contributed by atoms with Gasteiger partial charge in [-0.1, -0.05) is 6.07 Å². The third-order valence-electron chi connectivity index (χ3n) is 3.64. The topological polar surface area (TPSA) is 55.4 Å². The van der Waals surface area contributed by atoms with Gasteiger partial charge in [-0.3, -0.25) is 9.59 Å². The highest BCUT2D eigenvalue weighted by atomic mass is 19.4. The standard InChI is InChI=1S/C14H13F4NO3/c1-22-13(21)9-6-19-12(20)5-8(9)7-2-3-11(15)10(4-7)14(16,17)18/h2-4,8-9H,5-6H2,1H3,(H,19,20)/t8-,9+/m1/s1. The Balaban J connectivity index is 2.43. The molecule has 8 heteroatoms. The van der Waals surface area contributed by atoms with Crippen LogP contribution in [-0.2, 0) is 20.5 Å². The molecule has 1 N–H and O–H groups in total. The van der Waals surface area contributed by atoms with E-state index in [-0.39, 0.29) is 24.4 Å². The number of esters is 1. The van der Waals surface area contributed by atoms with Crippen LogP contribution in [0.4, 0.5) is 17.6 Å². The molecule has 2 atom stereocenters. The van der Waals surface area contributed by atoms with Crippen molar-refractivity contribution in [2.45, 2.75) is 18.5 Å². The number of piperidine rings is 1. The van der Waals surface area contributed by atoms with Gasteiger partial charge in [0, 0.05) is 18.9 Å². The number of carbonyl (C=O) groups excluding carboxylic acids is 2. The number of ether oxygens (including phenoxy) is 1. The fourth-order valence-electron chi connectivity index (χ4n) is 2.52. The fourth-order valence-corrected chi connectivity index (χ4v) is 2.52. The first-order chi connectivity index (χ1) is 10.2. The molecular formula is C14H13F4NO3. The van der Waals surface area contributed by atoms with Crippen molar-refractivity contribution < 1.29 is 31.9 Å². The van der Waals surface area contributed by atoms with E-state index in [9.17, 15) is 27.2 Å². The van der Waals surface area contributed by atoms with Gasteiger partial charge in [0.2, 0.25) is 5.91 Å². The molecule has 0 aliphatic carbocycles. The molecule has 22 heavy (non-hydrogen) atoms. The normalized spacial score (nSPS) is 22.1.